The van der Waals surface area contributed by atoms with Gasteiger partial charge in [-0.05, 0) is 47.7 Å². The predicted octanol–water partition coefficient (Wildman–Crippen LogP) is 5.65. The number of aryl methyl sites for hydroxylation is 1. The van der Waals surface area contributed by atoms with E-state index in [1.807, 2.05) is 85.8 Å². The summed E-state index contributed by atoms with van der Waals surface area (Å²) < 4.78 is 12.2. The van der Waals surface area contributed by atoms with Crippen molar-refractivity contribution in [2.45, 2.75) is 31.9 Å². The number of carbonyl (C=O) groups excluding carboxylic acids is 2. The van der Waals surface area contributed by atoms with E-state index in [0.717, 1.165) is 26.7 Å². The molecule has 33 heavy (non-hydrogen) atoms. The lowest BCUT2D eigenvalue weighted by atomic mass is 9.93. The van der Waals surface area contributed by atoms with Crippen molar-refractivity contribution >= 4 is 27.9 Å². The molecule has 0 bridgehead atoms. The summed E-state index contributed by atoms with van der Waals surface area (Å²) in [5, 5.41) is 0. The minimum atomic E-state index is -0.620. The van der Waals surface area contributed by atoms with Gasteiger partial charge in [0.15, 0.2) is 0 Å². The maximum Gasteiger partial charge on any atom is 0.417 e. The largest absolute Gasteiger partial charge is 0.447 e. The second-order valence-corrected chi connectivity index (χ2v) is 9.10. The number of rotatable bonds is 8. The summed E-state index contributed by atoms with van der Waals surface area (Å²) in [5.74, 6) is -0.914. The number of carbonyl (C=O) groups is 2. The first-order valence-corrected chi connectivity index (χ1v) is 11.7. The van der Waals surface area contributed by atoms with Gasteiger partial charge in [-0.3, -0.25) is 4.79 Å². The van der Waals surface area contributed by atoms with Crippen molar-refractivity contribution < 1.29 is 19.1 Å². The molecule has 6 heteroatoms. The van der Waals surface area contributed by atoms with Crippen LogP contribution in [-0.4, -0.2) is 36.2 Å². The zero-order chi connectivity index (χ0) is 23.2. The van der Waals surface area contributed by atoms with E-state index in [9.17, 15) is 9.59 Å². The molecule has 2 atom stereocenters. The molecule has 4 rings (SSSR count). The monoisotopic (exact) mass is 507 g/mol. The molecule has 0 saturated carbocycles. The average molecular weight is 508 g/mol. The van der Waals surface area contributed by atoms with Gasteiger partial charge < -0.3 is 9.47 Å². The molecular weight excluding hydrogens is 482 g/mol. The second-order valence-electron chi connectivity index (χ2n) is 8.18. The first kappa shape index (κ1) is 23.2. The zero-order valence-corrected chi connectivity index (χ0v) is 20.0. The first-order valence-electron chi connectivity index (χ1n) is 10.9. The topological polar surface area (TPSA) is 55.8 Å². The first-order chi connectivity index (χ1) is 16.0. The maximum atomic E-state index is 13.8. The highest BCUT2D eigenvalue weighted by atomic mass is 79.9. The minimum Gasteiger partial charge on any atom is -0.447 e. The van der Waals surface area contributed by atoms with Crippen LogP contribution in [0.15, 0.2) is 83.3 Å². The smallest absolute Gasteiger partial charge is 0.417 e. The van der Waals surface area contributed by atoms with E-state index in [1.54, 1.807) is 0 Å². The highest BCUT2D eigenvalue weighted by molar-refractivity contribution is 9.10. The summed E-state index contributed by atoms with van der Waals surface area (Å²) in [5.41, 5.74) is 3.88. The molecule has 1 fully saturated rings. The van der Waals surface area contributed by atoms with Crippen LogP contribution in [0, 0.1) is 6.92 Å². The number of nitrogens with zero attached hydrogens (tertiary/aromatic N) is 1. The summed E-state index contributed by atoms with van der Waals surface area (Å²) in [4.78, 5) is 27.7. The molecule has 0 aromatic heterocycles. The highest BCUT2D eigenvalue weighted by Gasteiger charge is 2.41. The average Bonchev–Trinajstić information content (AvgIpc) is 3.18. The van der Waals surface area contributed by atoms with Crippen molar-refractivity contribution in [2.24, 2.45) is 0 Å². The molecule has 2 unspecified atom stereocenters. The van der Waals surface area contributed by atoms with E-state index in [2.05, 4.69) is 15.9 Å². The summed E-state index contributed by atoms with van der Waals surface area (Å²) in [6.07, 6.45) is -0.0429. The molecule has 170 valence electrons. The van der Waals surface area contributed by atoms with Crippen molar-refractivity contribution in [3.05, 3.63) is 106 Å². The fourth-order valence-electron chi connectivity index (χ4n) is 4.13. The normalized spacial score (nSPS) is 16.5. The van der Waals surface area contributed by atoms with Gasteiger partial charge in [-0.15, -0.1) is 0 Å². The van der Waals surface area contributed by atoms with Crippen LogP contribution in [0.4, 0.5) is 4.79 Å². The number of hydrogen-bond acceptors (Lipinski definition) is 4. The van der Waals surface area contributed by atoms with Gasteiger partial charge >= 0.3 is 6.09 Å². The Morgan fingerprint density at radius 1 is 1.06 bits per heavy atom. The molecule has 1 aliphatic heterocycles. The van der Waals surface area contributed by atoms with Gasteiger partial charge in [0.05, 0.1) is 25.2 Å². The van der Waals surface area contributed by atoms with Crippen LogP contribution >= 0.6 is 15.9 Å². The number of imide groups is 1. The van der Waals surface area contributed by atoms with E-state index < -0.39 is 12.0 Å². The molecule has 3 aromatic rings. The van der Waals surface area contributed by atoms with Crippen LogP contribution in [0.25, 0.3) is 0 Å². The number of amides is 2. The molecule has 0 aliphatic carbocycles. The molecule has 1 saturated heterocycles. The predicted molar refractivity (Wildman–Crippen MR) is 130 cm³/mol. The molecule has 0 radical (unpaired) electrons. The fraction of sp³-hybridized carbons (Fsp3) is 0.259. The maximum absolute atomic E-state index is 13.8. The van der Waals surface area contributed by atoms with Crippen molar-refractivity contribution in [3.8, 4) is 0 Å². The summed E-state index contributed by atoms with van der Waals surface area (Å²) >= 11 is 3.49. The fourth-order valence-corrected chi connectivity index (χ4v) is 4.60. The Balaban J connectivity index is 1.57. The number of benzene rings is 3. The molecule has 1 aliphatic rings. The second kappa shape index (κ2) is 10.8. The Morgan fingerprint density at radius 3 is 2.39 bits per heavy atom. The van der Waals surface area contributed by atoms with Crippen LogP contribution in [-0.2, 0) is 27.3 Å². The van der Waals surface area contributed by atoms with Crippen LogP contribution in [0.3, 0.4) is 0 Å². The van der Waals surface area contributed by atoms with E-state index >= 15 is 0 Å². The SMILES string of the molecule is Cc1cc(Br)ccc1C(COCc1ccccc1)C(=O)N1C(=O)OCC1Cc1ccccc1. The van der Waals surface area contributed by atoms with Crippen LogP contribution < -0.4 is 0 Å². The number of halogens is 1. The Labute approximate surface area is 202 Å². The van der Waals surface area contributed by atoms with Crippen molar-refractivity contribution in [1.29, 1.82) is 0 Å². The zero-order valence-electron chi connectivity index (χ0n) is 18.4. The lowest BCUT2D eigenvalue weighted by Gasteiger charge is -2.26. The molecule has 0 N–H and O–H groups in total. The highest BCUT2D eigenvalue weighted by Crippen LogP contribution is 2.29. The quantitative estimate of drug-likeness (QED) is 0.395. The number of cyclic esters (lactones) is 1. The third-order valence-electron chi connectivity index (χ3n) is 5.81. The Morgan fingerprint density at radius 2 is 1.73 bits per heavy atom. The van der Waals surface area contributed by atoms with E-state index in [0.29, 0.717) is 13.0 Å². The summed E-state index contributed by atoms with van der Waals surface area (Å²) in [7, 11) is 0. The van der Waals surface area contributed by atoms with Gasteiger partial charge in [-0.2, -0.15) is 0 Å². The third-order valence-corrected chi connectivity index (χ3v) is 6.31. The molecule has 3 aromatic carbocycles. The van der Waals surface area contributed by atoms with Gasteiger partial charge in [0.2, 0.25) is 5.91 Å². The Bertz CT molecular complexity index is 1100. The lowest BCUT2D eigenvalue weighted by Crippen LogP contribution is -2.44. The standard InChI is InChI=1S/C27H26BrNO4/c1-19-14-22(28)12-13-24(19)25(18-32-16-21-10-6-3-7-11-21)26(30)29-23(17-33-27(29)31)15-20-8-4-2-5-9-20/h2-14,23,25H,15-18H2,1H3. The summed E-state index contributed by atoms with van der Waals surface area (Å²) in [6.45, 7) is 2.70. The Hall–Kier alpha value is -2.96. The van der Waals surface area contributed by atoms with Crippen LogP contribution in [0.5, 0.6) is 0 Å². The van der Waals surface area contributed by atoms with Crippen LogP contribution in [0.1, 0.15) is 28.2 Å². The summed E-state index contributed by atoms with van der Waals surface area (Å²) in [6, 6.07) is 25.1. The van der Waals surface area contributed by atoms with Crippen molar-refractivity contribution in [3.63, 3.8) is 0 Å². The Kier molecular flexibility index (Phi) is 7.57. The van der Waals surface area contributed by atoms with Gasteiger partial charge in [-0.25, -0.2) is 9.69 Å². The lowest BCUT2D eigenvalue weighted by molar-refractivity contribution is -0.132. The van der Waals surface area contributed by atoms with Crippen LogP contribution in [0.2, 0.25) is 0 Å². The molecular formula is C27H26BrNO4. The van der Waals surface area contributed by atoms with Gasteiger partial charge in [0.25, 0.3) is 0 Å². The molecule has 0 spiro atoms. The number of hydrogen-bond donors (Lipinski definition) is 0. The van der Waals surface area contributed by atoms with Crippen molar-refractivity contribution in [1.82, 2.24) is 4.90 Å². The van der Waals surface area contributed by atoms with Gasteiger partial charge in [-0.1, -0.05) is 82.7 Å². The molecule has 1 heterocycles. The molecule has 2 amide bonds. The van der Waals surface area contributed by atoms with Gasteiger partial charge in [0.1, 0.15) is 6.61 Å². The van der Waals surface area contributed by atoms with Crippen molar-refractivity contribution in [2.75, 3.05) is 13.2 Å². The van der Waals surface area contributed by atoms with E-state index in [1.165, 1.54) is 4.90 Å². The third kappa shape index (κ3) is 5.70. The minimum absolute atomic E-state index is 0.165. The van der Waals surface area contributed by atoms with Gasteiger partial charge in [0, 0.05) is 4.47 Å². The number of ether oxygens (including phenoxy) is 2. The van der Waals surface area contributed by atoms with E-state index in [4.69, 9.17) is 9.47 Å². The van der Waals surface area contributed by atoms with E-state index in [-0.39, 0.29) is 25.2 Å². The molecule has 5 nitrogen and oxygen atoms in total.